The molecule has 1 nitrogen and oxygen atoms in total. The Morgan fingerprint density at radius 1 is 1.62 bits per heavy atom. The van der Waals surface area contributed by atoms with Crippen LogP contribution in [-0.2, 0) is 21.1 Å². The van der Waals surface area contributed by atoms with E-state index in [9.17, 15) is 0 Å². The fourth-order valence-corrected chi connectivity index (χ4v) is 1.30. The molecule has 0 aromatic rings. The van der Waals surface area contributed by atoms with Crippen LogP contribution in [0.15, 0.2) is 0 Å². The van der Waals surface area contributed by atoms with Gasteiger partial charge in [-0.25, -0.2) is 0 Å². The predicted molar refractivity (Wildman–Crippen MR) is 35.4 cm³/mol. The molecule has 0 amide bonds. The van der Waals surface area contributed by atoms with Crippen molar-refractivity contribution in [2.24, 2.45) is 0 Å². The van der Waals surface area contributed by atoms with Gasteiger partial charge in [0.2, 0.25) is 0 Å². The second-order valence-corrected chi connectivity index (χ2v) is 4.95. The van der Waals surface area contributed by atoms with Crippen molar-refractivity contribution in [3.63, 3.8) is 0 Å². The van der Waals surface area contributed by atoms with Crippen LogP contribution in [0.1, 0.15) is 6.42 Å². The van der Waals surface area contributed by atoms with Crippen molar-refractivity contribution in [3.8, 4) is 0 Å². The first-order valence-corrected chi connectivity index (χ1v) is 5.38. The minimum absolute atomic E-state index is 0. The largest absolute Gasteiger partial charge is 0.396 e. The standard InChI is InChI=1S/C5H14OSi.W/c1-7(2)5-3-4-6;/h6-7H,3-5H2,1-2H3;/i7D;. The van der Waals surface area contributed by atoms with Crippen LogP contribution < -0.4 is 0 Å². The summed E-state index contributed by atoms with van der Waals surface area (Å²) in [7, 11) is -1.59. The summed E-state index contributed by atoms with van der Waals surface area (Å²) in [5, 5.41) is 8.37. The minimum atomic E-state index is -1.59. The molecule has 0 atom stereocenters. The van der Waals surface area contributed by atoms with Crippen molar-refractivity contribution in [2.75, 3.05) is 6.61 Å². The first-order valence-electron chi connectivity index (χ1n) is 3.17. The van der Waals surface area contributed by atoms with Gasteiger partial charge in [-0.2, -0.15) is 0 Å². The Bertz CT molecular complexity index is 64.5. The van der Waals surface area contributed by atoms with Crippen molar-refractivity contribution in [1.82, 2.24) is 0 Å². The van der Waals surface area contributed by atoms with Gasteiger partial charge in [0.05, 0.1) is 0 Å². The fourth-order valence-electron chi connectivity index (χ4n) is 0.433. The Morgan fingerprint density at radius 2 is 2.12 bits per heavy atom. The Labute approximate surface area is 68.6 Å². The summed E-state index contributed by atoms with van der Waals surface area (Å²) in [6, 6.07) is 0.920. The second kappa shape index (κ2) is 7.87. The predicted octanol–water partition coefficient (Wildman–Crippen LogP) is 0.853. The summed E-state index contributed by atoms with van der Waals surface area (Å²) in [6.45, 7) is 4.22. The molecule has 3 heteroatoms. The van der Waals surface area contributed by atoms with E-state index >= 15 is 0 Å². The number of rotatable bonds is 3. The molecule has 0 aliphatic heterocycles. The first kappa shape index (κ1) is 8.87. The molecule has 0 heterocycles. The number of aliphatic hydroxyl groups excluding tert-OH is 1. The Balaban J connectivity index is 0. The molecule has 0 spiro atoms. The van der Waals surface area contributed by atoms with Crippen molar-refractivity contribution >= 4 is 8.73 Å². The first-order chi connectivity index (χ1) is 3.56. The molecule has 0 aliphatic carbocycles. The fraction of sp³-hybridized carbons (Fsp3) is 1.00. The molecule has 0 unspecified atom stereocenters. The quantitative estimate of drug-likeness (QED) is 0.767. The van der Waals surface area contributed by atoms with Crippen LogP contribution in [0, 0.1) is 0 Å². The zero-order chi connectivity index (χ0) is 6.62. The number of hydrogen-bond acceptors (Lipinski definition) is 1. The molecule has 0 aliphatic rings. The van der Waals surface area contributed by atoms with E-state index in [1.54, 1.807) is 0 Å². The van der Waals surface area contributed by atoms with Gasteiger partial charge in [-0.05, 0) is 6.42 Å². The zero-order valence-electron chi connectivity index (χ0n) is 6.48. The average molecular weight is 303 g/mol. The third-order valence-corrected chi connectivity index (χ3v) is 2.19. The monoisotopic (exact) mass is 303 g/mol. The van der Waals surface area contributed by atoms with Crippen LogP contribution in [0.4, 0.5) is 0 Å². The molecule has 0 fully saturated rings. The van der Waals surface area contributed by atoms with Gasteiger partial charge in [-0.3, -0.25) is 0 Å². The van der Waals surface area contributed by atoms with E-state index in [1.807, 2.05) is 13.1 Å². The van der Waals surface area contributed by atoms with Crippen molar-refractivity contribution < 1.29 is 26.2 Å². The molecule has 0 bridgehead atoms. The molecule has 0 saturated carbocycles. The molecule has 0 saturated heterocycles. The molecule has 0 aromatic carbocycles. The Hall–Kier alpha value is 0.865. The van der Waals surface area contributed by atoms with Gasteiger partial charge < -0.3 is 5.11 Å². The van der Waals surface area contributed by atoms with E-state index in [2.05, 4.69) is 0 Å². The van der Waals surface area contributed by atoms with Crippen LogP contribution in [-0.4, -0.2) is 21.7 Å². The van der Waals surface area contributed by atoms with Crippen LogP contribution in [0.3, 0.4) is 0 Å². The number of hydrogen-bond donors (Lipinski definition) is 1. The molecule has 0 aromatic heterocycles. The third kappa shape index (κ3) is 9.98. The summed E-state index contributed by atoms with van der Waals surface area (Å²) in [5.74, 6) is 0. The topological polar surface area (TPSA) is 20.2 Å². The van der Waals surface area contributed by atoms with Gasteiger partial charge in [0.15, 0.2) is 0 Å². The summed E-state index contributed by atoms with van der Waals surface area (Å²) in [6.07, 6.45) is 0.808. The van der Waals surface area contributed by atoms with Gasteiger partial charge in [-0.15, -0.1) is 0 Å². The maximum atomic E-state index is 8.37. The van der Waals surface area contributed by atoms with E-state index in [4.69, 9.17) is 6.34 Å². The summed E-state index contributed by atoms with van der Waals surface area (Å²) < 4.78 is 7.46. The molecule has 0 rings (SSSR count). The molecule has 8 heavy (non-hydrogen) atoms. The van der Waals surface area contributed by atoms with E-state index in [0.717, 1.165) is 12.5 Å². The van der Waals surface area contributed by atoms with Crippen LogP contribution >= 0.6 is 0 Å². The Morgan fingerprint density at radius 3 is 2.25 bits per heavy atom. The summed E-state index contributed by atoms with van der Waals surface area (Å²) in [5.41, 5.74) is 0. The second-order valence-electron chi connectivity index (χ2n) is 2.03. The molecular formula is C5H14OSiW. The normalized spacial score (nSPS) is 12.1. The van der Waals surface area contributed by atoms with Gasteiger partial charge >= 0.3 is 0 Å². The maximum Gasteiger partial charge on any atom is 0.0428 e. The third-order valence-electron chi connectivity index (χ3n) is 0.835. The Kier molecular flexibility index (Phi) is 8.72. The van der Waals surface area contributed by atoms with Gasteiger partial charge in [0.25, 0.3) is 0 Å². The van der Waals surface area contributed by atoms with Crippen molar-refractivity contribution in [3.05, 3.63) is 0 Å². The summed E-state index contributed by atoms with van der Waals surface area (Å²) in [4.78, 5) is 0. The average Bonchev–Trinajstić information content (AvgIpc) is 1.59. The minimum Gasteiger partial charge on any atom is -0.396 e. The molecular weight excluding hydrogens is 288 g/mol. The van der Waals surface area contributed by atoms with Crippen LogP contribution in [0.25, 0.3) is 0 Å². The SMILES string of the molecule is [2H][Si](C)(C)CCCO.[W]. The van der Waals surface area contributed by atoms with E-state index in [1.165, 1.54) is 0 Å². The van der Waals surface area contributed by atoms with Gasteiger partial charge in [-0.1, -0.05) is 19.1 Å². The van der Waals surface area contributed by atoms with E-state index in [-0.39, 0.29) is 27.7 Å². The van der Waals surface area contributed by atoms with Crippen molar-refractivity contribution in [1.29, 1.82) is 1.23 Å². The van der Waals surface area contributed by atoms with Crippen LogP contribution in [0.2, 0.25) is 19.1 Å². The van der Waals surface area contributed by atoms with Crippen molar-refractivity contribution in [2.45, 2.75) is 25.6 Å². The molecule has 0 radical (unpaired) electrons. The zero-order valence-corrected chi connectivity index (χ0v) is 9.41. The van der Waals surface area contributed by atoms with Gasteiger partial charge in [0.1, 0.15) is 0 Å². The van der Waals surface area contributed by atoms with Gasteiger partial charge in [0, 0.05) is 37.6 Å². The summed E-state index contributed by atoms with van der Waals surface area (Å²) >= 11 is 0. The maximum absolute atomic E-state index is 8.37. The molecule has 1 N–H and O–H groups in total. The van der Waals surface area contributed by atoms with E-state index < -0.39 is 8.73 Å². The molecule has 50 valence electrons. The smallest absolute Gasteiger partial charge is 0.0428 e. The number of aliphatic hydroxyl groups is 1. The van der Waals surface area contributed by atoms with E-state index in [0.29, 0.717) is 0 Å². The van der Waals surface area contributed by atoms with Crippen LogP contribution in [0.5, 0.6) is 0 Å².